The second-order valence-electron chi connectivity index (χ2n) is 8.34. The Morgan fingerprint density at radius 1 is 0.967 bits per heavy atom. The molecule has 1 saturated heterocycles. The van der Waals surface area contributed by atoms with Gasteiger partial charge in [0.15, 0.2) is 0 Å². The van der Waals surface area contributed by atoms with Gasteiger partial charge in [0.25, 0.3) is 5.69 Å². The van der Waals surface area contributed by atoms with E-state index in [-0.39, 0.29) is 47.3 Å². The van der Waals surface area contributed by atoms with E-state index in [1.807, 2.05) is 18.2 Å². The molecule has 0 unspecified atom stereocenters. The summed E-state index contributed by atoms with van der Waals surface area (Å²) in [5, 5.41) is 15.4. The Balaban J connectivity index is 1.35. The van der Waals surface area contributed by atoms with Crippen LogP contribution in [-0.2, 0) is 14.4 Å². The van der Waals surface area contributed by atoms with E-state index in [1.165, 1.54) is 17.0 Å². The average Bonchev–Trinajstić information content (AvgIpc) is 3.49. The van der Waals surface area contributed by atoms with E-state index in [0.29, 0.717) is 17.0 Å². The van der Waals surface area contributed by atoms with Crippen molar-refractivity contribution in [3.8, 4) is 0 Å². The summed E-state index contributed by atoms with van der Waals surface area (Å²) in [6, 6.07) is 15.3. The number of nitro groups is 1. The van der Waals surface area contributed by atoms with Crippen LogP contribution < -0.4 is 4.90 Å². The number of hydrogen-bond donors (Lipinski definition) is 0. The first-order valence-corrected chi connectivity index (χ1v) is 9.97. The van der Waals surface area contributed by atoms with Gasteiger partial charge in [-0.05, 0) is 24.5 Å². The van der Waals surface area contributed by atoms with Crippen molar-refractivity contribution in [1.82, 2.24) is 0 Å². The Bertz CT molecular complexity index is 1130. The van der Waals surface area contributed by atoms with Crippen molar-refractivity contribution in [2.45, 2.75) is 12.5 Å². The van der Waals surface area contributed by atoms with Crippen LogP contribution in [0.5, 0.6) is 0 Å². The molecule has 2 amide bonds. The van der Waals surface area contributed by atoms with Gasteiger partial charge in [-0.15, -0.1) is 0 Å². The van der Waals surface area contributed by atoms with E-state index in [4.69, 9.17) is 4.84 Å². The summed E-state index contributed by atoms with van der Waals surface area (Å²) in [5.74, 6) is -1.36. The quantitative estimate of drug-likeness (QED) is 0.445. The molecule has 2 saturated carbocycles. The van der Waals surface area contributed by atoms with E-state index >= 15 is 0 Å². The SMILES string of the molecule is O=C1[C@@H]2[C@H]3C[C@@H]([C@H]4ON=C(c5cccc([N+](=O)[O-])c5)[C@@H]34)[C@H]2C(=O)N1c1ccccc1. The van der Waals surface area contributed by atoms with Crippen LogP contribution in [0.15, 0.2) is 59.8 Å². The second kappa shape index (κ2) is 5.98. The number of carbonyl (C=O) groups is 2. The highest BCUT2D eigenvalue weighted by atomic mass is 16.6. The van der Waals surface area contributed by atoms with Crippen LogP contribution in [0.4, 0.5) is 11.4 Å². The average molecular weight is 403 g/mol. The number of non-ortho nitro benzene ring substituents is 1. The summed E-state index contributed by atoms with van der Waals surface area (Å²) < 4.78 is 0. The van der Waals surface area contributed by atoms with Crippen molar-refractivity contribution < 1.29 is 19.3 Å². The second-order valence-corrected chi connectivity index (χ2v) is 8.34. The molecule has 6 atom stereocenters. The Labute approximate surface area is 171 Å². The Morgan fingerprint density at radius 2 is 1.70 bits per heavy atom. The minimum atomic E-state index is -0.439. The Hall–Kier alpha value is -3.55. The molecule has 0 radical (unpaired) electrons. The molecular formula is C22H17N3O5. The molecule has 2 heterocycles. The highest BCUT2D eigenvalue weighted by molar-refractivity contribution is 6.23. The predicted molar refractivity (Wildman–Crippen MR) is 106 cm³/mol. The molecule has 2 aliphatic carbocycles. The van der Waals surface area contributed by atoms with E-state index in [0.717, 1.165) is 6.42 Å². The third-order valence-electron chi connectivity index (χ3n) is 7.06. The van der Waals surface area contributed by atoms with Gasteiger partial charge in [0.2, 0.25) is 11.8 Å². The van der Waals surface area contributed by atoms with Crippen molar-refractivity contribution in [3.05, 3.63) is 70.3 Å². The highest BCUT2D eigenvalue weighted by Crippen LogP contribution is 2.62. The van der Waals surface area contributed by atoms with Gasteiger partial charge in [-0.25, -0.2) is 0 Å². The van der Waals surface area contributed by atoms with Gasteiger partial charge in [-0.3, -0.25) is 24.6 Å². The minimum Gasteiger partial charge on any atom is -0.391 e. The number of carbonyl (C=O) groups excluding carboxylic acids is 2. The van der Waals surface area contributed by atoms with Crippen molar-refractivity contribution in [2.75, 3.05) is 4.90 Å². The van der Waals surface area contributed by atoms with Crippen LogP contribution in [0.1, 0.15) is 12.0 Å². The van der Waals surface area contributed by atoms with E-state index in [1.54, 1.807) is 24.3 Å². The molecule has 6 rings (SSSR count). The molecule has 4 aliphatic rings. The smallest absolute Gasteiger partial charge is 0.270 e. The van der Waals surface area contributed by atoms with Crippen LogP contribution >= 0.6 is 0 Å². The van der Waals surface area contributed by atoms with E-state index < -0.39 is 10.8 Å². The molecule has 0 aromatic heterocycles. The molecule has 3 fully saturated rings. The molecule has 0 N–H and O–H groups in total. The zero-order chi connectivity index (χ0) is 20.6. The van der Waals surface area contributed by atoms with Gasteiger partial charge in [-0.2, -0.15) is 0 Å². The fourth-order valence-corrected chi connectivity index (χ4v) is 5.97. The predicted octanol–water partition coefficient (Wildman–Crippen LogP) is 2.77. The fraction of sp³-hybridized carbons (Fsp3) is 0.318. The summed E-state index contributed by atoms with van der Waals surface area (Å²) in [7, 11) is 0. The topological polar surface area (TPSA) is 102 Å². The summed E-state index contributed by atoms with van der Waals surface area (Å²) in [6.07, 6.45) is 0.469. The molecule has 30 heavy (non-hydrogen) atoms. The largest absolute Gasteiger partial charge is 0.391 e. The number of amides is 2. The molecule has 2 bridgehead atoms. The number of nitrogens with zero attached hydrogens (tertiary/aromatic N) is 3. The zero-order valence-electron chi connectivity index (χ0n) is 15.8. The first kappa shape index (κ1) is 17.3. The fourth-order valence-electron chi connectivity index (χ4n) is 5.97. The van der Waals surface area contributed by atoms with Gasteiger partial charge < -0.3 is 4.84 Å². The maximum atomic E-state index is 13.3. The number of imide groups is 1. The molecule has 8 nitrogen and oxygen atoms in total. The van der Waals surface area contributed by atoms with E-state index in [2.05, 4.69) is 5.16 Å². The molecule has 2 aromatic carbocycles. The standard InChI is InChI=1S/C22H17N3O5/c26-21-16-14-10-15(17(16)22(27)24(21)12-6-2-1-3-7-12)20-18(14)19(23-30-20)11-5-4-8-13(9-11)25(28)29/h1-9,14-18,20H,10H2/t14-,15-,16-,17-,18-,20-/m1/s1. The summed E-state index contributed by atoms with van der Waals surface area (Å²) in [6.45, 7) is 0. The number of benzene rings is 2. The van der Waals surface area contributed by atoms with Crippen LogP contribution in [0.2, 0.25) is 0 Å². The molecule has 150 valence electrons. The summed E-state index contributed by atoms with van der Waals surface area (Å²) in [5.41, 5.74) is 1.87. The highest BCUT2D eigenvalue weighted by Gasteiger charge is 2.70. The van der Waals surface area contributed by atoms with Gasteiger partial charge in [0, 0.05) is 29.5 Å². The number of rotatable bonds is 3. The lowest BCUT2D eigenvalue weighted by molar-refractivity contribution is -0.384. The van der Waals surface area contributed by atoms with Gasteiger partial charge in [0.1, 0.15) is 6.10 Å². The summed E-state index contributed by atoms with van der Waals surface area (Å²) in [4.78, 5) is 44.3. The number of anilines is 1. The third-order valence-corrected chi connectivity index (χ3v) is 7.06. The number of oxime groups is 1. The minimum absolute atomic E-state index is 0.0120. The molecular weight excluding hydrogens is 386 g/mol. The first-order chi connectivity index (χ1) is 14.6. The lowest BCUT2D eigenvalue weighted by Gasteiger charge is -2.29. The van der Waals surface area contributed by atoms with Crippen molar-refractivity contribution in [3.63, 3.8) is 0 Å². The van der Waals surface area contributed by atoms with Crippen molar-refractivity contribution in [2.24, 2.45) is 34.7 Å². The first-order valence-electron chi connectivity index (χ1n) is 9.97. The maximum absolute atomic E-state index is 13.3. The lowest BCUT2D eigenvalue weighted by atomic mass is 9.71. The van der Waals surface area contributed by atoms with Gasteiger partial charge in [0.05, 0.1) is 28.2 Å². The lowest BCUT2D eigenvalue weighted by Crippen LogP contribution is -2.41. The Kier molecular flexibility index (Phi) is 3.45. The zero-order valence-corrected chi connectivity index (χ0v) is 15.8. The maximum Gasteiger partial charge on any atom is 0.270 e. The summed E-state index contributed by atoms with van der Waals surface area (Å²) >= 11 is 0. The van der Waals surface area contributed by atoms with Crippen LogP contribution in [0.3, 0.4) is 0 Å². The third kappa shape index (κ3) is 2.13. The van der Waals surface area contributed by atoms with Crippen LogP contribution in [-0.4, -0.2) is 28.6 Å². The number of para-hydroxylation sites is 1. The van der Waals surface area contributed by atoms with Gasteiger partial charge >= 0.3 is 0 Å². The normalized spacial score (nSPS) is 33.3. The van der Waals surface area contributed by atoms with E-state index in [9.17, 15) is 19.7 Å². The molecule has 0 spiro atoms. The van der Waals surface area contributed by atoms with Crippen molar-refractivity contribution >= 4 is 28.9 Å². The molecule has 2 aromatic rings. The van der Waals surface area contributed by atoms with Crippen LogP contribution in [0, 0.1) is 39.7 Å². The monoisotopic (exact) mass is 403 g/mol. The number of nitro benzene ring substituents is 1. The van der Waals surface area contributed by atoms with Crippen LogP contribution in [0.25, 0.3) is 0 Å². The Morgan fingerprint density at radius 3 is 2.43 bits per heavy atom. The molecule has 8 heteroatoms. The van der Waals surface area contributed by atoms with Gasteiger partial charge in [-0.1, -0.05) is 35.5 Å². The number of hydrogen-bond acceptors (Lipinski definition) is 6. The number of fused-ring (bicyclic) bond motifs is 8. The van der Waals surface area contributed by atoms with Crippen molar-refractivity contribution in [1.29, 1.82) is 0 Å². The molecule has 2 aliphatic heterocycles.